The van der Waals surface area contributed by atoms with Crippen molar-refractivity contribution in [2.75, 3.05) is 6.26 Å². The minimum Gasteiger partial charge on any atom is -0.298 e. The van der Waals surface area contributed by atoms with Crippen molar-refractivity contribution in [2.24, 2.45) is 0 Å². The lowest BCUT2D eigenvalue weighted by Gasteiger charge is -1.99. The molecule has 0 aliphatic carbocycles. The van der Waals surface area contributed by atoms with Gasteiger partial charge in [-0.05, 0) is 18.4 Å². The van der Waals surface area contributed by atoms with Gasteiger partial charge in [-0.25, -0.2) is 4.52 Å². The first-order chi connectivity index (χ1) is 7.71. The van der Waals surface area contributed by atoms with Crippen LogP contribution in [0.2, 0.25) is 0 Å². The van der Waals surface area contributed by atoms with Gasteiger partial charge in [-0.15, -0.1) is 5.10 Å². The van der Waals surface area contributed by atoms with Crippen LogP contribution in [0.5, 0.6) is 0 Å². The molecule has 2 aromatic rings. The van der Waals surface area contributed by atoms with Crippen molar-refractivity contribution in [1.82, 2.24) is 14.6 Å². The van der Waals surface area contributed by atoms with E-state index in [0.29, 0.717) is 10.7 Å². The van der Waals surface area contributed by atoms with Crippen molar-refractivity contribution in [3.8, 4) is 0 Å². The molecule has 0 aliphatic heterocycles. The fourth-order valence-corrected chi connectivity index (χ4v) is 1.90. The van der Waals surface area contributed by atoms with Crippen molar-refractivity contribution in [3.63, 3.8) is 0 Å². The molecule has 0 saturated heterocycles. The fourth-order valence-electron chi connectivity index (χ4n) is 1.54. The summed E-state index contributed by atoms with van der Waals surface area (Å²) in [4.78, 5) is 14.5. The molecule has 5 heteroatoms. The molecule has 4 nitrogen and oxygen atoms in total. The van der Waals surface area contributed by atoms with Gasteiger partial charge in [0.05, 0.1) is 5.69 Å². The zero-order chi connectivity index (χ0) is 11.7. The van der Waals surface area contributed by atoms with E-state index in [1.807, 2.05) is 6.26 Å². The molecule has 0 fully saturated rings. The molecule has 0 spiro atoms. The van der Waals surface area contributed by atoms with Gasteiger partial charge in [0, 0.05) is 5.56 Å². The summed E-state index contributed by atoms with van der Waals surface area (Å²) in [5.74, 6) is 0. The van der Waals surface area contributed by atoms with Crippen molar-refractivity contribution in [3.05, 3.63) is 40.8 Å². The molecule has 2 aromatic heterocycles. The van der Waals surface area contributed by atoms with Gasteiger partial charge in [-0.2, -0.15) is 0 Å². The van der Waals surface area contributed by atoms with Crippen LogP contribution in [0.15, 0.2) is 29.2 Å². The number of fused-ring (bicyclic) bond motifs is 1. The standard InChI is InChI=1S/C11H11N3OS/c1-4-7-6-9-10(15)12-11(16-3)13-14(9)8(7)5-2/h4-6H,1-2H2,3H3,(H,12,13,15). The summed E-state index contributed by atoms with van der Waals surface area (Å²) in [5, 5.41) is 4.87. The molecule has 0 atom stereocenters. The average molecular weight is 233 g/mol. The highest BCUT2D eigenvalue weighted by atomic mass is 32.2. The third-order valence-electron chi connectivity index (χ3n) is 2.29. The number of thioether (sulfide) groups is 1. The van der Waals surface area contributed by atoms with E-state index in [4.69, 9.17) is 0 Å². The van der Waals surface area contributed by atoms with Gasteiger partial charge in [-0.1, -0.05) is 31.0 Å². The van der Waals surface area contributed by atoms with Crippen LogP contribution in [-0.4, -0.2) is 20.9 Å². The maximum atomic E-state index is 11.8. The van der Waals surface area contributed by atoms with Gasteiger partial charge < -0.3 is 0 Å². The Morgan fingerprint density at radius 3 is 2.81 bits per heavy atom. The Bertz CT molecular complexity index is 624. The Morgan fingerprint density at radius 2 is 2.25 bits per heavy atom. The fraction of sp³-hybridized carbons (Fsp3) is 0.0909. The molecule has 0 radical (unpaired) electrons. The molecular weight excluding hydrogens is 222 g/mol. The van der Waals surface area contributed by atoms with E-state index in [1.165, 1.54) is 11.8 Å². The number of hydrogen-bond donors (Lipinski definition) is 1. The van der Waals surface area contributed by atoms with Gasteiger partial charge in [-0.3, -0.25) is 9.78 Å². The van der Waals surface area contributed by atoms with Gasteiger partial charge in [0.15, 0.2) is 5.16 Å². The molecule has 0 aliphatic rings. The van der Waals surface area contributed by atoms with E-state index in [1.54, 1.807) is 22.7 Å². The molecule has 2 rings (SSSR count). The van der Waals surface area contributed by atoms with Crippen LogP contribution in [0.25, 0.3) is 17.7 Å². The van der Waals surface area contributed by atoms with Crippen LogP contribution in [0.3, 0.4) is 0 Å². The van der Waals surface area contributed by atoms with Crippen LogP contribution < -0.4 is 5.56 Å². The predicted molar refractivity (Wildman–Crippen MR) is 67.8 cm³/mol. The lowest BCUT2D eigenvalue weighted by Crippen LogP contribution is -2.13. The highest BCUT2D eigenvalue weighted by molar-refractivity contribution is 7.98. The molecule has 82 valence electrons. The number of hydrogen-bond acceptors (Lipinski definition) is 3. The second-order valence-corrected chi connectivity index (χ2v) is 3.95. The minimum atomic E-state index is -0.157. The third-order valence-corrected chi connectivity index (χ3v) is 2.87. The quantitative estimate of drug-likeness (QED) is 0.825. The molecule has 2 heterocycles. The van der Waals surface area contributed by atoms with E-state index in [-0.39, 0.29) is 5.56 Å². The summed E-state index contributed by atoms with van der Waals surface area (Å²) in [5.41, 5.74) is 1.98. The average Bonchev–Trinajstić information content (AvgIpc) is 2.66. The molecule has 0 aromatic carbocycles. The van der Waals surface area contributed by atoms with Crippen LogP contribution in [0.4, 0.5) is 0 Å². The van der Waals surface area contributed by atoms with E-state index < -0.39 is 0 Å². The van der Waals surface area contributed by atoms with Gasteiger partial charge in [0.1, 0.15) is 5.52 Å². The zero-order valence-corrected chi connectivity index (χ0v) is 9.67. The molecule has 0 saturated carbocycles. The Labute approximate surface area is 96.7 Å². The van der Waals surface area contributed by atoms with Crippen LogP contribution >= 0.6 is 11.8 Å². The second-order valence-electron chi connectivity index (χ2n) is 3.15. The summed E-state index contributed by atoms with van der Waals surface area (Å²) < 4.78 is 1.59. The second kappa shape index (κ2) is 4.02. The highest BCUT2D eigenvalue weighted by Gasteiger charge is 2.10. The maximum Gasteiger partial charge on any atom is 0.275 e. The summed E-state index contributed by atoms with van der Waals surface area (Å²) in [6, 6.07) is 1.75. The first kappa shape index (κ1) is 10.8. The third kappa shape index (κ3) is 1.49. The van der Waals surface area contributed by atoms with Crippen molar-refractivity contribution < 1.29 is 0 Å². The summed E-state index contributed by atoms with van der Waals surface area (Å²) in [6.45, 7) is 7.42. The number of H-pyrrole nitrogens is 1. The predicted octanol–water partition coefficient (Wildman–Crippen LogP) is 2.03. The van der Waals surface area contributed by atoms with Gasteiger partial charge in [0.2, 0.25) is 0 Å². The highest BCUT2D eigenvalue weighted by Crippen LogP contribution is 2.16. The van der Waals surface area contributed by atoms with Crippen molar-refractivity contribution in [1.29, 1.82) is 0 Å². The van der Waals surface area contributed by atoms with E-state index >= 15 is 0 Å². The van der Waals surface area contributed by atoms with Crippen molar-refractivity contribution >= 4 is 29.4 Å². The number of aromatic amines is 1. The normalized spacial score (nSPS) is 10.6. The SMILES string of the molecule is C=Cc1cc2c(=O)[nH]c(SC)nn2c1C=C. The van der Waals surface area contributed by atoms with E-state index in [0.717, 1.165) is 11.3 Å². The van der Waals surface area contributed by atoms with Gasteiger partial charge >= 0.3 is 0 Å². The Hall–Kier alpha value is -1.75. The molecular formula is C11H11N3OS. The Balaban J connectivity index is 2.93. The minimum absolute atomic E-state index is 0.157. The lowest BCUT2D eigenvalue weighted by molar-refractivity contribution is 0.779. The van der Waals surface area contributed by atoms with E-state index in [9.17, 15) is 4.79 Å². The number of nitrogens with zero attached hydrogens (tertiary/aromatic N) is 2. The molecule has 0 amide bonds. The zero-order valence-electron chi connectivity index (χ0n) is 8.86. The van der Waals surface area contributed by atoms with E-state index in [2.05, 4.69) is 23.2 Å². The molecule has 0 unspecified atom stereocenters. The van der Waals surface area contributed by atoms with Gasteiger partial charge in [0.25, 0.3) is 5.56 Å². The van der Waals surface area contributed by atoms with Crippen LogP contribution in [0.1, 0.15) is 11.3 Å². The summed E-state index contributed by atoms with van der Waals surface area (Å²) in [7, 11) is 0. The number of aromatic nitrogens is 3. The monoisotopic (exact) mass is 233 g/mol. The van der Waals surface area contributed by atoms with Crippen molar-refractivity contribution in [2.45, 2.75) is 5.16 Å². The Kier molecular flexibility index (Phi) is 2.70. The largest absolute Gasteiger partial charge is 0.298 e. The molecule has 16 heavy (non-hydrogen) atoms. The van der Waals surface area contributed by atoms with Crippen LogP contribution in [-0.2, 0) is 0 Å². The molecule has 1 N–H and O–H groups in total. The van der Waals surface area contributed by atoms with Crippen LogP contribution in [0, 0.1) is 0 Å². The topological polar surface area (TPSA) is 50.2 Å². The number of rotatable bonds is 3. The number of nitrogens with one attached hydrogen (secondary N) is 1. The molecule has 0 bridgehead atoms. The maximum absolute atomic E-state index is 11.8. The lowest BCUT2D eigenvalue weighted by atomic mass is 10.2. The first-order valence-electron chi connectivity index (χ1n) is 4.66. The summed E-state index contributed by atoms with van der Waals surface area (Å²) >= 11 is 1.39. The summed E-state index contributed by atoms with van der Waals surface area (Å²) in [6.07, 6.45) is 5.21. The first-order valence-corrected chi connectivity index (χ1v) is 5.88. The smallest absolute Gasteiger partial charge is 0.275 e. The Morgan fingerprint density at radius 1 is 1.50 bits per heavy atom.